The molecule has 2 unspecified atom stereocenters. The summed E-state index contributed by atoms with van der Waals surface area (Å²) in [5, 5.41) is 11.8. The molecule has 2 heterocycles. The highest BCUT2D eigenvalue weighted by molar-refractivity contribution is 5.82. The molecule has 0 spiro atoms. The van der Waals surface area contributed by atoms with Crippen LogP contribution in [0.2, 0.25) is 0 Å². The molecule has 2 amide bonds. The van der Waals surface area contributed by atoms with Crippen molar-refractivity contribution in [2.45, 2.75) is 45.2 Å². The van der Waals surface area contributed by atoms with E-state index in [1.54, 1.807) is 18.7 Å². The number of urea groups is 1. The number of carbonyl (C=O) groups excluding carboxylic acids is 1. The van der Waals surface area contributed by atoms with Crippen LogP contribution in [0, 0.1) is 5.92 Å². The first kappa shape index (κ1) is 15.1. The van der Waals surface area contributed by atoms with Gasteiger partial charge in [-0.2, -0.15) is 0 Å². The van der Waals surface area contributed by atoms with Crippen molar-refractivity contribution in [3.63, 3.8) is 0 Å². The van der Waals surface area contributed by atoms with E-state index >= 15 is 0 Å². The second-order valence-electron chi connectivity index (χ2n) is 6.14. The van der Waals surface area contributed by atoms with Gasteiger partial charge in [-0.3, -0.25) is 4.90 Å². The van der Waals surface area contributed by atoms with Crippen LogP contribution in [0.5, 0.6) is 0 Å². The Balaban J connectivity index is 1.91. The summed E-state index contributed by atoms with van der Waals surface area (Å²) in [6.07, 6.45) is 3.60. The normalized spacial score (nSPS) is 25.1. The van der Waals surface area contributed by atoms with Gasteiger partial charge in [-0.05, 0) is 25.3 Å². The molecule has 2 atom stereocenters. The van der Waals surface area contributed by atoms with Crippen molar-refractivity contribution in [1.82, 2.24) is 15.1 Å². The van der Waals surface area contributed by atoms with Gasteiger partial charge in [0.25, 0.3) is 0 Å². The summed E-state index contributed by atoms with van der Waals surface area (Å²) in [4.78, 5) is 27.6. The summed E-state index contributed by atoms with van der Waals surface area (Å²) in [6, 6.07) is -0.603. The number of rotatable bonds is 3. The Morgan fingerprint density at radius 1 is 1.20 bits per heavy atom. The van der Waals surface area contributed by atoms with Gasteiger partial charge in [0.05, 0.1) is 0 Å². The van der Waals surface area contributed by atoms with Crippen molar-refractivity contribution in [3.8, 4) is 0 Å². The third kappa shape index (κ3) is 3.42. The Hall–Kier alpha value is -1.30. The third-order valence-corrected chi connectivity index (χ3v) is 4.34. The largest absolute Gasteiger partial charge is 0.480 e. The zero-order valence-corrected chi connectivity index (χ0v) is 12.3. The molecule has 0 radical (unpaired) electrons. The van der Waals surface area contributed by atoms with Gasteiger partial charge in [0, 0.05) is 25.7 Å². The van der Waals surface area contributed by atoms with Gasteiger partial charge >= 0.3 is 12.0 Å². The number of aliphatic carboxylic acids is 1. The molecular formula is C14H25N3O3. The second-order valence-corrected chi connectivity index (χ2v) is 6.14. The van der Waals surface area contributed by atoms with E-state index in [0.29, 0.717) is 12.6 Å². The number of fused-ring (bicyclic) bond motifs is 1. The molecule has 2 rings (SSSR count). The van der Waals surface area contributed by atoms with E-state index in [1.807, 2.05) is 0 Å². The van der Waals surface area contributed by atoms with Crippen LogP contribution in [0.25, 0.3) is 0 Å². The molecule has 20 heavy (non-hydrogen) atoms. The SMILES string of the molecule is CC(C)C(NC(=O)N1CCN2CCCCC2C1)C(=O)O. The van der Waals surface area contributed by atoms with Gasteiger partial charge in [0.15, 0.2) is 0 Å². The molecule has 0 aliphatic carbocycles. The van der Waals surface area contributed by atoms with Gasteiger partial charge in [-0.15, -0.1) is 0 Å². The molecular weight excluding hydrogens is 258 g/mol. The monoisotopic (exact) mass is 283 g/mol. The fourth-order valence-electron chi connectivity index (χ4n) is 3.08. The fourth-order valence-corrected chi connectivity index (χ4v) is 3.08. The Bertz CT molecular complexity index is 373. The lowest BCUT2D eigenvalue weighted by atomic mass is 9.99. The van der Waals surface area contributed by atoms with Gasteiger partial charge < -0.3 is 15.3 Å². The van der Waals surface area contributed by atoms with Crippen LogP contribution in [0.1, 0.15) is 33.1 Å². The predicted octanol–water partition coefficient (Wildman–Crippen LogP) is 0.975. The number of carbonyl (C=O) groups is 2. The number of hydrogen-bond donors (Lipinski definition) is 2. The van der Waals surface area contributed by atoms with Crippen LogP contribution in [-0.4, -0.2) is 65.2 Å². The average molecular weight is 283 g/mol. The highest BCUT2D eigenvalue weighted by Crippen LogP contribution is 2.21. The first-order valence-corrected chi connectivity index (χ1v) is 7.51. The minimum atomic E-state index is -0.968. The molecule has 2 N–H and O–H groups in total. The fraction of sp³-hybridized carbons (Fsp3) is 0.857. The number of amides is 2. The zero-order valence-electron chi connectivity index (χ0n) is 12.3. The maximum atomic E-state index is 12.2. The number of piperazine rings is 1. The Labute approximate surface area is 120 Å². The number of piperidine rings is 1. The van der Waals surface area contributed by atoms with Crippen LogP contribution in [0.15, 0.2) is 0 Å². The van der Waals surface area contributed by atoms with Crippen molar-refractivity contribution in [1.29, 1.82) is 0 Å². The van der Waals surface area contributed by atoms with E-state index in [2.05, 4.69) is 10.2 Å². The highest BCUT2D eigenvalue weighted by atomic mass is 16.4. The van der Waals surface area contributed by atoms with Crippen LogP contribution in [0.4, 0.5) is 4.79 Å². The molecule has 2 aliphatic rings. The van der Waals surface area contributed by atoms with E-state index < -0.39 is 12.0 Å². The summed E-state index contributed by atoms with van der Waals surface area (Å²) >= 11 is 0. The maximum Gasteiger partial charge on any atom is 0.326 e. The summed E-state index contributed by atoms with van der Waals surface area (Å²) in [5.74, 6) is -1.09. The number of carboxylic acid groups (broad SMARTS) is 1. The van der Waals surface area contributed by atoms with Crippen molar-refractivity contribution in [2.24, 2.45) is 5.92 Å². The molecule has 6 nitrogen and oxygen atoms in total. The molecule has 6 heteroatoms. The summed E-state index contributed by atoms with van der Waals surface area (Å²) < 4.78 is 0. The van der Waals surface area contributed by atoms with Crippen LogP contribution in [-0.2, 0) is 4.79 Å². The van der Waals surface area contributed by atoms with E-state index in [0.717, 1.165) is 26.1 Å². The van der Waals surface area contributed by atoms with Crippen LogP contribution in [0.3, 0.4) is 0 Å². The van der Waals surface area contributed by atoms with Crippen molar-refractivity contribution >= 4 is 12.0 Å². The highest BCUT2D eigenvalue weighted by Gasteiger charge is 2.33. The van der Waals surface area contributed by atoms with Gasteiger partial charge in [-0.25, -0.2) is 9.59 Å². The van der Waals surface area contributed by atoms with E-state index in [-0.39, 0.29) is 11.9 Å². The molecule has 0 bridgehead atoms. The number of carboxylic acids is 1. The molecule has 2 fully saturated rings. The third-order valence-electron chi connectivity index (χ3n) is 4.34. The standard InChI is InChI=1S/C14H25N3O3/c1-10(2)12(13(18)19)15-14(20)17-8-7-16-6-4-3-5-11(16)9-17/h10-12H,3-9H2,1-2H3,(H,15,20)(H,18,19). The summed E-state index contributed by atoms with van der Waals surface area (Å²) in [6.45, 7) is 7.04. The quantitative estimate of drug-likeness (QED) is 0.809. The topological polar surface area (TPSA) is 72.9 Å². The van der Waals surface area contributed by atoms with E-state index in [4.69, 9.17) is 5.11 Å². The molecule has 0 aromatic heterocycles. The van der Waals surface area contributed by atoms with Crippen LogP contribution < -0.4 is 5.32 Å². The summed E-state index contributed by atoms with van der Waals surface area (Å²) in [7, 11) is 0. The van der Waals surface area contributed by atoms with Gasteiger partial charge in [0.1, 0.15) is 6.04 Å². The lowest BCUT2D eigenvalue weighted by molar-refractivity contribution is -0.140. The average Bonchev–Trinajstić information content (AvgIpc) is 2.43. The molecule has 0 aromatic rings. The second kappa shape index (κ2) is 6.43. The summed E-state index contributed by atoms with van der Waals surface area (Å²) in [5.41, 5.74) is 0. The first-order valence-electron chi connectivity index (χ1n) is 7.51. The molecule has 0 aromatic carbocycles. The molecule has 114 valence electrons. The minimum absolute atomic E-state index is 0.118. The maximum absolute atomic E-state index is 12.2. The van der Waals surface area contributed by atoms with E-state index in [1.165, 1.54) is 12.8 Å². The van der Waals surface area contributed by atoms with Crippen molar-refractivity contribution < 1.29 is 14.7 Å². The van der Waals surface area contributed by atoms with Gasteiger partial charge in [-0.1, -0.05) is 20.3 Å². The first-order chi connectivity index (χ1) is 9.49. The molecule has 2 aliphatic heterocycles. The van der Waals surface area contributed by atoms with Crippen molar-refractivity contribution in [3.05, 3.63) is 0 Å². The van der Waals surface area contributed by atoms with Crippen molar-refractivity contribution in [2.75, 3.05) is 26.2 Å². The molecule has 2 saturated heterocycles. The lowest BCUT2D eigenvalue weighted by Crippen LogP contribution is -2.59. The zero-order chi connectivity index (χ0) is 14.7. The van der Waals surface area contributed by atoms with Crippen LogP contribution >= 0.6 is 0 Å². The molecule has 0 saturated carbocycles. The lowest BCUT2D eigenvalue weighted by Gasteiger charge is -2.44. The Morgan fingerprint density at radius 2 is 1.95 bits per heavy atom. The minimum Gasteiger partial charge on any atom is -0.480 e. The number of nitrogens with zero attached hydrogens (tertiary/aromatic N) is 2. The smallest absolute Gasteiger partial charge is 0.326 e. The van der Waals surface area contributed by atoms with E-state index in [9.17, 15) is 9.59 Å². The van der Waals surface area contributed by atoms with Gasteiger partial charge in [0.2, 0.25) is 0 Å². The number of hydrogen-bond acceptors (Lipinski definition) is 3. The number of nitrogens with one attached hydrogen (secondary N) is 1. The Kier molecular flexibility index (Phi) is 4.86. The predicted molar refractivity (Wildman–Crippen MR) is 75.6 cm³/mol. The Morgan fingerprint density at radius 3 is 2.60 bits per heavy atom.